The summed E-state index contributed by atoms with van der Waals surface area (Å²) in [4.78, 5) is 23.7. The van der Waals surface area contributed by atoms with Gasteiger partial charge in [-0.25, -0.2) is 18.9 Å². The van der Waals surface area contributed by atoms with E-state index in [4.69, 9.17) is 9.26 Å². The summed E-state index contributed by atoms with van der Waals surface area (Å²) in [7, 11) is 0. The normalized spacial score (nSPS) is 19.5. The van der Waals surface area contributed by atoms with Crippen molar-refractivity contribution in [2.45, 2.75) is 31.1 Å². The van der Waals surface area contributed by atoms with Crippen LogP contribution in [0.1, 0.15) is 17.4 Å². The maximum absolute atomic E-state index is 13.1. The van der Waals surface area contributed by atoms with Gasteiger partial charge in [-0.1, -0.05) is 12.1 Å². The molecule has 1 fully saturated rings. The van der Waals surface area contributed by atoms with Gasteiger partial charge in [0.2, 0.25) is 0 Å². The van der Waals surface area contributed by atoms with Crippen molar-refractivity contribution in [2.75, 3.05) is 0 Å². The van der Waals surface area contributed by atoms with Gasteiger partial charge < -0.3 is 19.1 Å². The van der Waals surface area contributed by atoms with Crippen LogP contribution in [0.15, 0.2) is 34.9 Å². The number of nitrogens with zero attached hydrogens (tertiary/aromatic N) is 2. The first-order valence-electron chi connectivity index (χ1n) is 7.87. The molecule has 2 aromatic rings. The van der Waals surface area contributed by atoms with Crippen LogP contribution in [0, 0.1) is 5.82 Å². The van der Waals surface area contributed by atoms with E-state index in [1.165, 1.54) is 12.1 Å². The molecule has 0 aliphatic carbocycles. The Balaban J connectivity index is 1.84. The first-order chi connectivity index (χ1) is 13.6. The molecule has 156 valence electrons. The number of alkyl halides is 4. The zero-order chi connectivity index (χ0) is 21.3. The van der Waals surface area contributed by atoms with Gasteiger partial charge >= 0.3 is 24.7 Å². The second kappa shape index (κ2) is 7.56. The third-order valence-corrected chi connectivity index (χ3v) is 3.95. The molecule has 3 rings (SSSR count). The second-order valence-electron chi connectivity index (χ2n) is 5.88. The highest BCUT2D eigenvalue weighted by Crippen LogP contribution is 2.35. The van der Waals surface area contributed by atoms with Gasteiger partial charge in [0, 0.05) is 12.5 Å². The number of benzene rings is 1. The molecule has 13 heteroatoms. The topological polar surface area (TPSA) is 102 Å². The summed E-state index contributed by atoms with van der Waals surface area (Å²) < 4.78 is 76.9. The van der Waals surface area contributed by atoms with E-state index >= 15 is 0 Å². The fourth-order valence-electron chi connectivity index (χ4n) is 2.70. The predicted octanol–water partition coefficient (Wildman–Crippen LogP) is 3.83. The average molecular weight is 422 g/mol. The smallest absolute Gasteiger partial charge is 0.462 e. The van der Waals surface area contributed by atoms with Crippen molar-refractivity contribution < 1.29 is 50.6 Å². The van der Waals surface area contributed by atoms with Gasteiger partial charge in [0.05, 0.1) is 6.04 Å². The lowest BCUT2D eigenvalue weighted by molar-refractivity contribution is -0.255. The van der Waals surface area contributed by atoms with Crippen LogP contribution in [0.5, 0.6) is 5.88 Å². The summed E-state index contributed by atoms with van der Waals surface area (Å²) in [5.41, 5.74) is 0.258. The van der Waals surface area contributed by atoms with E-state index in [0.29, 0.717) is 4.90 Å². The van der Waals surface area contributed by atoms with Crippen molar-refractivity contribution in [3.8, 4) is 5.88 Å². The van der Waals surface area contributed by atoms with E-state index in [9.17, 15) is 36.6 Å². The van der Waals surface area contributed by atoms with Crippen molar-refractivity contribution in [3.63, 3.8) is 0 Å². The summed E-state index contributed by atoms with van der Waals surface area (Å²) >= 11 is 0. The molecule has 2 heterocycles. The molecular weight excluding hydrogens is 411 g/mol. The van der Waals surface area contributed by atoms with E-state index in [-0.39, 0.29) is 11.3 Å². The highest BCUT2D eigenvalue weighted by atomic mass is 19.3. The molecule has 0 bridgehead atoms. The molecule has 1 saturated heterocycles. The monoisotopic (exact) mass is 422 g/mol. The van der Waals surface area contributed by atoms with Crippen molar-refractivity contribution in [1.29, 1.82) is 0 Å². The summed E-state index contributed by atoms with van der Waals surface area (Å²) in [5, 5.41) is 12.3. The average Bonchev–Trinajstić information content (AvgIpc) is 3.19. The Morgan fingerprint density at radius 1 is 1.31 bits per heavy atom. The number of carbonyl (C=O) groups is 2. The Kier molecular flexibility index (Phi) is 5.31. The number of aromatic nitrogens is 1. The fraction of sp³-hybridized carbons (Fsp3) is 0.312. The summed E-state index contributed by atoms with van der Waals surface area (Å²) in [6.45, 7) is 0. The van der Waals surface area contributed by atoms with E-state index in [0.717, 1.165) is 18.2 Å². The molecule has 1 aliphatic heterocycles. The van der Waals surface area contributed by atoms with E-state index in [2.05, 4.69) is 9.89 Å². The van der Waals surface area contributed by atoms with Crippen LogP contribution in [0.4, 0.5) is 31.5 Å². The zero-order valence-corrected chi connectivity index (χ0v) is 14.1. The van der Waals surface area contributed by atoms with Crippen LogP contribution in [0.3, 0.4) is 0 Å². The SMILES string of the molecule is O=C(O)N1C(=O)OC(c2ccc(F)cc2)C1Cc1cc(OC(F)(F)C(F)F)no1. The number of ether oxygens (including phenoxy) is 2. The van der Waals surface area contributed by atoms with Gasteiger partial charge in [-0.15, -0.1) is 0 Å². The standard InChI is InChI=1S/C16H11F5N2O6/c17-8-3-1-7(2-4-8)12-10(23(14(24)25)15(26)27-12)5-9-6-11(22-29-9)28-16(20,21)13(18)19/h1-4,6,10,12-13H,5H2,(H,24,25). The molecule has 0 spiro atoms. The number of rotatable bonds is 6. The molecule has 29 heavy (non-hydrogen) atoms. The highest BCUT2D eigenvalue weighted by Gasteiger charge is 2.48. The van der Waals surface area contributed by atoms with Gasteiger partial charge in [-0.3, -0.25) is 0 Å². The summed E-state index contributed by atoms with van der Waals surface area (Å²) in [6, 6.07) is 4.18. The summed E-state index contributed by atoms with van der Waals surface area (Å²) in [6.07, 6.45) is -13.4. The summed E-state index contributed by atoms with van der Waals surface area (Å²) in [5.74, 6) is -1.79. The van der Waals surface area contributed by atoms with Crippen LogP contribution in [-0.2, 0) is 11.2 Å². The zero-order valence-electron chi connectivity index (χ0n) is 14.1. The van der Waals surface area contributed by atoms with Crippen LogP contribution >= 0.6 is 0 Å². The third kappa shape index (κ3) is 4.22. The van der Waals surface area contributed by atoms with Crippen molar-refractivity contribution in [3.05, 3.63) is 47.5 Å². The minimum absolute atomic E-state index is 0.244. The number of imide groups is 1. The Bertz CT molecular complexity index is 903. The van der Waals surface area contributed by atoms with Crippen LogP contribution < -0.4 is 4.74 Å². The molecule has 1 aromatic heterocycles. The molecule has 2 atom stereocenters. The molecule has 0 radical (unpaired) electrons. The number of hydrogen-bond donors (Lipinski definition) is 1. The predicted molar refractivity (Wildman–Crippen MR) is 81.1 cm³/mol. The fourth-order valence-corrected chi connectivity index (χ4v) is 2.70. The maximum atomic E-state index is 13.1. The molecule has 1 aromatic carbocycles. The minimum Gasteiger partial charge on any atom is -0.465 e. The quantitative estimate of drug-likeness (QED) is 0.706. The number of cyclic esters (lactones) is 1. The van der Waals surface area contributed by atoms with Crippen LogP contribution in [0.2, 0.25) is 0 Å². The number of carbonyl (C=O) groups excluding carboxylic acids is 1. The van der Waals surface area contributed by atoms with Gasteiger partial charge in [0.25, 0.3) is 5.88 Å². The lowest BCUT2D eigenvalue weighted by Crippen LogP contribution is -2.39. The Morgan fingerprint density at radius 2 is 1.97 bits per heavy atom. The van der Waals surface area contributed by atoms with E-state index in [1.54, 1.807) is 0 Å². The highest BCUT2D eigenvalue weighted by molar-refractivity contribution is 5.89. The largest absolute Gasteiger partial charge is 0.465 e. The molecule has 8 nitrogen and oxygen atoms in total. The van der Waals surface area contributed by atoms with Crippen LogP contribution in [-0.4, -0.2) is 45.9 Å². The van der Waals surface area contributed by atoms with Gasteiger partial charge in [-0.05, 0) is 22.9 Å². The van der Waals surface area contributed by atoms with Crippen molar-refractivity contribution in [1.82, 2.24) is 10.1 Å². The molecular formula is C16H11F5N2O6. The van der Waals surface area contributed by atoms with Crippen molar-refractivity contribution in [2.24, 2.45) is 0 Å². The second-order valence-corrected chi connectivity index (χ2v) is 5.88. The van der Waals surface area contributed by atoms with Crippen molar-refractivity contribution >= 4 is 12.2 Å². The number of hydrogen-bond acceptors (Lipinski definition) is 6. The lowest BCUT2D eigenvalue weighted by atomic mass is 9.98. The van der Waals surface area contributed by atoms with E-state index < -0.39 is 55.0 Å². The first kappa shape index (κ1) is 20.4. The molecule has 2 amide bonds. The molecule has 2 unspecified atom stereocenters. The van der Waals surface area contributed by atoms with Crippen LogP contribution in [0.25, 0.3) is 0 Å². The molecule has 1 N–H and O–H groups in total. The van der Waals surface area contributed by atoms with Gasteiger partial charge in [0.1, 0.15) is 11.6 Å². The Morgan fingerprint density at radius 3 is 2.55 bits per heavy atom. The Hall–Kier alpha value is -3.38. The molecule has 1 aliphatic rings. The minimum atomic E-state index is -4.82. The number of halogens is 5. The maximum Gasteiger partial charge on any atom is 0.462 e. The third-order valence-electron chi connectivity index (χ3n) is 3.95. The molecule has 0 saturated carbocycles. The number of amides is 2. The van der Waals surface area contributed by atoms with Gasteiger partial charge in [-0.2, -0.15) is 17.6 Å². The Labute approximate surface area is 158 Å². The lowest BCUT2D eigenvalue weighted by Gasteiger charge is -2.20. The van der Waals surface area contributed by atoms with E-state index in [1.807, 2.05) is 0 Å². The first-order valence-corrected chi connectivity index (χ1v) is 7.87. The number of carboxylic acid groups (broad SMARTS) is 1. The van der Waals surface area contributed by atoms with Gasteiger partial charge in [0.15, 0.2) is 6.10 Å².